The Bertz CT molecular complexity index is 1020. The van der Waals surface area contributed by atoms with E-state index in [0.29, 0.717) is 22.9 Å². The van der Waals surface area contributed by atoms with Gasteiger partial charge in [-0.25, -0.2) is 8.78 Å². The minimum atomic E-state index is -0.940. The van der Waals surface area contributed by atoms with Gasteiger partial charge in [-0.15, -0.1) is 11.8 Å². The Morgan fingerprint density at radius 2 is 1.71 bits per heavy atom. The quantitative estimate of drug-likeness (QED) is 0.659. The smallest absolute Gasteiger partial charge is 0.264 e. The fourth-order valence-electron chi connectivity index (χ4n) is 4.35. The number of carbonyl (C=O) groups excluding carboxylic acids is 1. The first kappa shape index (κ1) is 20.5. The SMILES string of the molecule is O=C1C(=Cc2ccccc2N2CCN(C3CC3)CC2)SCCN1c1ccc(F)c(F)c1. The van der Waals surface area contributed by atoms with Crippen molar-refractivity contribution >= 4 is 35.1 Å². The van der Waals surface area contributed by atoms with E-state index < -0.39 is 11.6 Å². The molecule has 3 aliphatic rings. The van der Waals surface area contributed by atoms with Crippen LogP contribution in [0.15, 0.2) is 47.4 Å². The van der Waals surface area contributed by atoms with Crippen molar-refractivity contribution in [3.05, 3.63) is 64.6 Å². The molecule has 0 spiro atoms. The highest BCUT2D eigenvalue weighted by molar-refractivity contribution is 8.04. The van der Waals surface area contributed by atoms with Crippen LogP contribution in [0.1, 0.15) is 18.4 Å². The van der Waals surface area contributed by atoms with E-state index in [1.807, 2.05) is 24.3 Å². The molecule has 1 amide bonds. The highest BCUT2D eigenvalue weighted by Gasteiger charge is 2.32. The number of hydrogen-bond acceptors (Lipinski definition) is 4. The molecule has 4 nitrogen and oxygen atoms in total. The molecular weight excluding hydrogens is 416 g/mol. The van der Waals surface area contributed by atoms with Gasteiger partial charge < -0.3 is 9.80 Å². The van der Waals surface area contributed by atoms with Crippen molar-refractivity contribution in [2.75, 3.05) is 48.3 Å². The number of hydrogen-bond donors (Lipinski definition) is 0. The van der Waals surface area contributed by atoms with Crippen LogP contribution < -0.4 is 9.80 Å². The monoisotopic (exact) mass is 441 g/mol. The lowest BCUT2D eigenvalue weighted by Gasteiger charge is -2.37. The number of nitrogens with zero attached hydrogens (tertiary/aromatic N) is 3. The zero-order chi connectivity index (χ0) is 21.4. The number of benzene rings is 2. The normalized spacial score (nSPS) is 21.7. The van der Waals surface area contributed by atoms with Gasteiger partial charge >= 0.3 is 0 Å². The van der Waals surface area contributed by atoms with Crippen molar-refractivity contribution in [2.24, 2.45) is 0 Å². The summed E-state index contributed by atoms with van der Waals surface area (Å²) in [6.07, 6.45) is 4.61. The van der Waals surface area contributed by atoms with E-state index in [0.717, 1.165) is 55.6 Å². The van der Waals surface area contributed by atoms with Gasteiger partial charge in [0.05, 0.1) is 4.91 Å². The maximum atomic E-state index is 13.7. The first-order valence-electron chi connectivity index (χ1n) is 10.8. The molecule has 1 aliphatic carbocycles. The zero-order valence-corrected chi connectivity index (χ0v) is 18.1. The first-order valence-corrected chi connectivity index (χ1v) is 11.8. The number of halogens is 2. The average molecular weight is 442 g/mol. The largest absolute Gasteiger partial charge is 0.368 e. The fraction of sp³-hybridized carbons (Fsp3) is 0.375. The average Bonchev–Trinajstić information content (AvgIpc) is 3.63. The van der Waals surface area contributed by atoms with E-state index in [9.17, 15) is 13.6 Å². The number of piperazine rings is 1. The second-order valence-corrected chi connectivity index (χ2v) is 9.36. The predicted molar refractivity (Wildman–Crippen MR) is 122 cm³/mol. The van der Waals surface area contributed by atoms with E-state index in [1.54, 1.807) is 0 Å². The van der Waals surface area contributed by atoms with Gasteiger partial charge in [-0.1, -0.05) is 18.2 Å². The van der Waals surface area contributed by atoms with E-state index in [1.165, 1.54) is 35.6 Å². The maximum Gasteiger partial charge on any atom is 0.264 e. The van der Waals surface area contributed by atoms with Crippen molar-refractivity contribution in [3.8, 4) is 0 Å². The minimum absolute atomic E-state index is 0.171. The highest BCUT2D eigenvalue weighted by atomic mass is 32.2. The van der Waals surface area contributed by atoms with E-state index in [-0.39, 0.29) is 5.91 Å². The van der Waals surface area contributed by atoms with E-state index >= 15 is 0 Å². The number of thioether (sulfide) groups is 1. The third kappa shape index (κ3) is 4.34. The molecular formula is C24H25F2N3OS. The lowest BCUT2D eigenvalue weighted by molar-refractivity contribution is -0.114. The van der Waals surface area contributed by atoms with Gasteiger partial charge in [0.25, 0.3) is 5.91 Å². The van der Waals surface area contributed by atoms with Crippen LogP contribution in [0.5, 0.6) is 0 Å². The lowest BCUT2D eigenvalue weighted by Crippen LogP contribution is -2.47. The Hall–Kier alpha value is -2.38. The van der Waals surface area contributed by atoms with E-state index in [2.05, 4.69) is 15.9 Å². The summed E-state index contributed by atoms with van der Waals surface area (Å²) in [6.45, 7) is 4.59. The summed E-state index contributed by atoms with van der Waals surface area (Å²) < 4.78 is 27.0. The van der Waals surface area contributed by atoms with Gasteiger partial charge in [0.15, 0.2) is 11.6 Å². The molecule has 0 radical (unpaired) electrons. The summed E-state index contributed by atoms with van der Waals surface area (Å²) in [5, 5.41) is 0. The van der Waals surface area contributed by atoms with Gasteiger partial charge in [0, 0.05) is 62.0 Å². The molecule has 0 unspecified atom stereocenters. The summed E-state index contributed by atoms with van der Waals surface area (Å²) in [7, 11) is 0. The van der Waals surface area contributed by atoms with Crippen LogP contribution in [-0.2, 0) is 4.79 Å². The molecule has 7 heteroatoms. The number of anilines is 2. The molecule has 0 atom stereocenters. The van der Waals surface area contributed by atoms with Gasteiger partial charge in [-0.2, -0.15) is 0 Å². The van der Waals surface area contributed by atoms with Crippen LogP contribution in [0, 0.1) is 11.6 Å². The Kier molecular flexibility index (Phi) is 5.71. The molecule has 162 valence electrons. The Labute approximate surface area is 185 Å². The maximum absolute atomic E-state index is 13.7. The Morgan fingerprint density at radius 3 is 2.45 bits per heavy atom. The van der Waals surface area contributed by atoms with Gasteiger partial charge in [0.1, 0.15) is 0 Å². The van der Waals surface area contributed by atoms with Crippen LogP contribution in [0.4, 0.5) is 20.2 Å². The van der Waals surface area contributed by atoms with Crippen molar-refractivity contribution < 1.29 is 13.6 Å². The summed E-state index contributed by atoms with van der Waals surface area (Å²) in [4.78, 5) is 20.3. The summed E-state index contributed by atoms with van der Waals surface area (Å²) in [6, 6.07) is 12.6. The highest BCUT2D eigenvalue weighted by Crippen LogP contribution is 2.34. The third-order valence-corrected chi connectivity index (χ3v) is 7.17. The molecule has 1 saturated carbocycles. The molecule has 0 bridgehead atoms. The summed E-state index contributed by atoms with van der Waals surface area (Å²) in [5.74, 6) is -1.31. The van der Waals surface area contributed by atoms with Crippen LogP contribution in [0.2, 0.25) is 0 Å². The van der Waals surface area contributed by atoms with Crippen molar-refractivity contribution in [2.45, 2.75) is 18.9 Å². The lowest BCUT2D eigenvalue weighted by atomic mass is 10.1. The van der Waals surface area contributed by atoms with Crippen LogP contribution in [0.3, 0.4) is 0 Å². The van der Waals surface area contributed by atoms with Gasteiger partial charge in [0.2, 0.25) is 0 Å². The molecule has 2 aromatic carbocycles. The molecule has 2 heterocycles. The molecule has 2 saturated heterocycles. The number of rotatable bonds is 4. The van der Waals surface area contributed by atoms with Crippen molar-refractivity contribution in [1.29, 1.82) is 0 Å². The Balaban J connectivity index is 1.37. The molecule has 3 fully saturated rings. The second-order valence-electron chi connectivity index (χ2n) is 8.23. The topological polar surface area (TPSA) is 26.8 Å². The first-order chi connectivity index (χ1) is 15.1. The molecule has 2 aromatic rings. The summed E-state index contributed by atoms with van der Waals surface area (Å²) in [5.41, 5.74) is 2.55. The van der Waals surface area contributed by atoms with Crippen LogP contribution in [0.25, 0.3) is 6.08 Å². The van der Waals surface area contributed by atoms with Crippen LogP contribution in [-0.4, -0.2) is 55.3 Å². The predicted octanol–water partition coefficient (Wildman–Crippen LogP) is 4.37. The molecule has 2 aliphatic heterocycles. The Morgan fingerprint density at radius 1 is 0.935 bits per heavy atom. The molecule has 0 aromatic heterocycles. The third-order valence-electron chi connectivity index (χ3n) is 6.18. The number of amides is 1. The summed E-state index contributed by atoms with van der Waals surface area (Å²) >= 11 is 1.52. The standard InChI is InChI=1S/C24H25F2N3OS/c25-20-8-7-19(16-21(20)26)29-13-14-31-23(24(29)30)15-17-3-1-2-4-22(17)28-11-9-27(10-12-28)18-5-6-18/h1-4,7-8,15-16,18H,5-6,9-14H2. The molecule has 0 N–H and O–H groups in total. The number of carbonyl (C=O) groups is 1. The van der Waals surface area contributed by atoms with Crippen molar-refractivity contribution in [1.82, 2.24) is 4.90 Å². The fourth-order valence-corrected chi connectivity index (χ4v) is 5.29. The second kappa shape index (κ2) is 8.63. The number of para-hydroxylation sites is 1. The zero-order valence-electron chi connectivity index (χ0n) is 17.3. The molecule has 31 heavy (non-hydrogen) atoms. The molecule has 5 rings (SSSR count). The minimum Gasteiger partial charge on any atom is -0.368 e. The van der Waals surface area contributed by atoms with Gasteiger partial charge in [-0.3, -0.25) is 9.69 Å². The van der Waals surface area contributed by atoms with Crippen LogP contribution >= 0.6 is 11.8 Å². The van der Waals surface area contributed by atoms with Crippen molar-refractivity contribution in [3.63, 3.8) is 0 Å². The van der Waals surface area contributed by atoms with Gasteiger partial charge in [-0.05, 0) is 42.7 Å². The van der Waals surface area contributed by atoms with E-state index in [4.69, 9.17) is 0 Å².